The fourth-order valence-electron chi connectivity index (χ4n) is 3.80. The lowest BCUT2D eigenvalue weighted by atomic mass is 9.97. The van der Waals surface area contributed by atoms with Crippen molar-refractivity contribution in [3.8, 4) is 0 Å². The van der Waals surface area contributed by atoms with E-state index < -0.39 is 0 Å². The first kappa shape index (κ1) is 25.8. The summed E-state index contributed by atoms with van der Waals surface area (Å²) >= 11 is 1.79. The Balaban J connectivity index is 0.00000320. The minimum absolute atomic E-state index is 0. The van der Waals surface area contributed by atoms with Crippen molar-refractivity contribution in [2.75, 3.05) is 53.0 Å². The molecule has 2 fully saturated rings. The molecule has 2 aliphatic rings. The number of hydrogen-bond acceptors (Lipinski definition) is 6. The standard InChI is InChI=1S/C21H37N5O2S.HI/c1-3-20-25-18(16-29-20)14-26-9-5-17(6-10-26)13-24-21(22-2)23-8-4-11-28-19-7-12-27-15-19;/h16-17,19H,3-15H2,1-2H3,(H2,22,23,24);1H. The number of thiazole rings is 1. The fourth-order valence-corrected chi connectivity index (χ4v) is 4.53. The Labute approximate surface area is 202 Å². The van der Waals surface area contributed by atoms with Crippen LogP contribution >= 0.6 is 35.3 Å². The highest BCUT2D eigenvalue weighted by molar-refractivity contribution is 14.0. The minimum atomic E-state index is 0. The van der Waals surface area contributed by atoms with E-state index in [0.717, 1.165) is 77.8 Å². The number of likely N-dealkylation sites (tertiary alicyclic amines) is 1. The topological polar surface area (TPSA) is 71.0 Å². The summed E-state index contributed by atoms with van der Waals surface area (Å²) in [6.45, 7) is 9.69. The molecular formula is C21H38IN5O2S. The highest BCUT2D eigenvalue weighted by Gasteiger charge is 2.20. The molecule has 0 bridgehead atoms. The number of nitrogens with zero attached hydrogens (tertiary/aromatic N) is 3. The quantitative estimate of drug-likeness (QED) is 0.202. The van der Waals surface area contributed by atoms with E-state index in [1.807, 2.05) is 7.05 Å². The summed E-state index contributed by atoms with van der Waals surface area (Å²) in [5, 5.41) is 10.4. The molecule has 0 radical (unpaired) electrons. The number of ether oxygens (including phenoxy) is 2. The van der Waals surface area contributed by atoms with Crippen molar-refractivity contribution in [1.29, 1.82) is 0 Å². The Morgan fingerprint density at radius 1 is 1.33 bits per heavy atom. The largest absolute Gasteiger partial charge is 0.379 e. The first-order valence-electron chi connectivity index (χ1n) is 11.1. The van der Waals surface area contributed by atoms with Crippen molar-refractivity contribution >= 4 is 41.3 Å². The Hall–Kier alpha value is -0.490. The first-order valence-corrected chi connectivity index (χ1v) is 11.9. The van der Waals surface area contributed by atoms with E-state index in [2.05, 4.69) is 32.8 Å². The summed E-state index contributed by atoms with van der Waals surface area (Å²) in [5.74, 6) is 1.60. The van der Waals surface area contributed by atoms with Crippen LogP contribution in [0.25, 0.3) is 0 Å². The molecule has 0 aromatic carbocycles. The summed E-state index contributed by atoms with van der Waals surface area (Å²) < 4.78 is 11.1. The zero-order valence-electron chi connectivity index (χ0n) is 18.4. The van der Waals surface area contributed by atoms with Crippen LogP contribution in [0.2, 0.25) is 0 Å². The zero-order chi connectivity index (χ0) is 20.3. The van der Waals surface area contributed by atoms with E-state index in [1.165, 1.54) is 23.5 Å². The molecule has 30 heavy (non-hydrogen) atoms. The summed E-state index contributed by atoms with van der Waals surface area (Å²) in [6.07, 6.45) is 5.79. The molecule has 0 aliphatic carbocycles. The van der Waals surface area contributed by atoms with E-state index in [1.54, 1.807) is 11.3 Å². The molecule has 2 N–H and O–H groups in total. The first-order chi connectivity index (χ1) is 14.3. The molecule has 0 amide bonds. The molecule has 2 aliphatic heterocycles. The molecule has 0 saturated carbocycles. The highest BCUT2D eigenvalue weighted by Crippen LogP contribution is 2.19. The third kappa shape index (κ3) is 8.94. The van der Waals surface area contributed by atoms with Crippen molar-refractivity contribution in [1.82, 2.24) is 20.5 Å². The molecule has 7 nitrogen and oxygen atoms in total. The molecule has 3 rings (SSSR count). The van der Waals surface area contributed by atoms with Gasteiger partial charge in [-0.2, -0.15) is 0 Å². The summed E-state index contributed by atoms with van der Waals surface area (Å²) in [7, 11) is 1.84. The summed E-state index contributed by atoms with van der Waals surface area (Å²) in [4.78, 5) is 11.6. The number of nitrogens with one attached hydrogen (secondary N) is 2. The third-order valence-electron chi connectivity index (χ3n) is 5.63. The van der Waals surface area contributed by atoms with Crippen LogP contribution in [-0.4, -0.2) is 75.0 Å². The van der Waals surface area contributed by atoms with Gasteiger partial charge in [0.15, 0.2) is 5.96 Å². The molecule has 1 atom stereocenters. The number of piperidine rings is 1. The van der Waals surface area contributed by atoms with E-state index in [0.29, 0.717) is 12.0 Å². The lowest BCUT2D eigenvalue weighted by Gasteiger charge is -2.31. The van der Waals surface area contributed by atoms with E-state index in [9.17, 15) is 0 Å². The minimum Gasteiger partial charge on any atom is -0.379 e. The maximum Gasteiger partial charge on any atom is 0.190 e. The molecular weight excluding hydrogens is 513 g/mol. The van der Waals surface area contributed by atoms with E-state index >= 15 is 0 Å². The zero-order valence-corrected chi connectivity index (χ0v) is 21.5. The Morgan fingerprint density at radius 3 is 2.83 bits per heavy atom. The van der Waals surface area contributed by atoms with Gasteiger partial charge in [-0.25, -0.2) is 4.98 Å². The molecule has 1 aromatic heterocycles. The van der Waals surface area contributed by atoms with Crippen LogP contribution in [0, 0.1) is 5.92 Å². The van der Waals surface area contributed by atoms with Gasteiger partial charge in [0, 0.05) is 45.3 Å². The number of aliphatic imine (C=N–C) groups is 1. The molecule has 1 unspecified atom stereocenters. The molecule has 9 heteroatoms. The van der Waals surface area contributed by atoms with Gasteiger partial charge in [-0.05, 0) is 51.1 Å². The van der Waals surface area contributed by atoms with E-state index in [-0.39, 0.29) is 24.0 Å². The van der Waals surface area contributed by atoms with Crippen molar-refractivity contribution in [2.24, 2.45) is 10.9 Å². The second-order valence-electron chi connectivity index (χ2n) is 7.90. The predicted molar refractivity (Wildman–Crippen MR) is 134 cm³/mol. The summed E-state index contributed by atoms with van der Waals surface area (Å²) in [5.41, 5.74) is 1.23. The maximum absolute atomic E-state index is 5.80. The lowest BCUT2D eigenvalue weighted by Crippen LogP contribution is -2.43. The number of aromatic nitrogens is 1. The van der Waals surface area contributed by atoms with Gasteiger partial charge in [0.05, 0.1) is 23.4 Å². The van der Waals surface area contributed by atoms with Crippen LogP contribution in [0.4, 0.5) is 0 Å². The van der Waals surface area contributed by atoms with Gasteiger partial charge < -0.3 is 20.1 Å². The van der Waals surface area contributed by atoms with Gasteiger partial charge in [0.1, 0.15) is 0 Å². The molecule has 172 valence electrons. The van der Waals surface area contributed by atoms with Gasteiger partial charge in [-0.1, -0.05) is 6.92 Å². The van der Waals surface area contributed by atoms with Crippen LogP contribution in [0.1, 0.15) is 43.3 Å². The van der Waals surface area contributed by atoms with Crippen LogP contribution in [0.5, 0.6) is 0 Å². The number of aryl methyl sites for hydroxylation is 1. The monoisotopic (exact) mass is 551 g/mol. The van der Waals surface area contributed by atoms with E-state index in [4.69, 9.17) is 14.5 Å². The number of halogens is 1. The molecule has 0 spiro atoms. The Kier molecular flexibility index (Phi) is 12.5. The van der Waals surface area contributed by atoms with Crippen molar-refractivity contribution in [3.63, 3.8) is 0 Å². The number of hydrogen-bond donors (Lipinski definition) is 2. The van der Waals surface area contributed by atoms with Crippen LogP contribution in [0.3, 0.4) is 0 Å². The van der Waals surface area contributed by atoms with Gasteiger partial charge in [-0.3, -0.25) is 9.89 Å². The van der Waals surface area contributed by atoms with Gasteiger partial charge >= 0.3 is 0 Å². The lowest BCUT2D eigenvalue weighted by molar-refractivity contribution is 0.0420. The normalized spacial score (nSPS) is 20.9. The Bertz CT molecular complexity index is 616. The van der Waals surface area contributed by atoms with Gasteiger partial charge in [0.2, 0.25) is 0 Å². The van der Waals surface area contributed by atoms with Crippen LogP contribution in [0.15, 0.2) is 10.4 Å². The fraction of sp³-hybridized carbons (Fsp3) is 0.810. The van der Waals surface area contributed by atoms with Crippen molar-refractivity contribution < 1.29 is 9.47 Å². The Morgan fingerprint density at radius 2 is 2.17 bits per heavy atom. The number of rotatable bonds is 10. The highest BCUT2D eigenvalue weighted by atomic mass is 127. The predicted octanol–water partition coefficient (Wildman–Crippen LogP) is 2.90. The smallest absolute Gasteiger partial charge is 0.190 e. The van der Waals surface area contributed by atoms with Gasteiger partial charge in [0.25, 0.3) is 0 Å². The average Bonchev–Trinajstić information content (AvgIpc) is 3.43. The molecule has 3 heterocycles. The maximum atomic E-state index is 5.80. The third-order valence-corrected chi connectivity index (χ3v) is 6.67. The van der Waals surface area contributed by atoms with Gasteiger partial charge in [-0.15, -0.1) is 35.3 Å². The second-order valence-corrected chi connectivity index (χ2v) is 8.84. The van der Waals surface area contributed by atoms with Crippen LogP contribution < -0.4 is 10.6 Å². The van der Waals surface area contributed by atoms with Crippen molar-refractivity contribution in [2.45, 2.75) is 51.7 Å². The number of guanidine groups is 1. The SMILES string of the molecule is CCc1nc(CN2CCC(CNC(=NC)NCCCOC3CCOC3)CC2)cs1.I. The van der Waals surface area contributed by atoms with Crippen LogP contribution in [-0.2, 0) is 22.4 Å². The van der Waals surface area contributed by atoms with Crippen molar-refractivity contribution in [3.05, 3.63) is 16.1 Å². The summed E-state index contributed by atoms with van der Waals surface area (Å²) in [6, 6.07) is 0. The second kappa shape index (κ2) is 14.5. The molecule has 1 aromatic rings. The average molecular weight is 552 g/mol. The molecule has 2 saturated heterocycles.